The zero-order chi connectivity index (χ0) is 16.1. The van der Waals surface area contributed by atoms with Crippen molar-refractivity contribution in [2.75, 3.05) is 31.2 Å². The Labute approximate surface area is 134 Å². The Bertz CT molecular complexity index is 671. The summed E-state index contributed by atoms with van der Waals surface area (Å²) in [6.07, 6.45) is 1.60. The number of rotatable bonds is 4. The van der Waals surface area contributed by atoms with Crippen LogP contribution in [0.15, 0.2) is 30.5 Å². The first kappa shape index (κ1) is 15.4. The van der Waals surface area contributed by atoms with E-state index >= 15 is 0 Å². The number of pyridine rings is 1. The van der Waals surface area contributed by atoms with E-state index in [-0.39, 0.29) is 5.91 Å². The van der Waals surface area contributed by atoms with Gasteiger partial charge in [-0.3, -0.25) is 9.78 Å². The molecule has 0 aromatic carbocycles. The summed E-state index contributed by atoms with van der Waals surface area (Å²) in [6, 6.07) is 7.12. The van der Waals surface area contributed by atoms with Gasteiger partial charge in [-0.05, 0) is 25.1 Å². The Balaban J connectivity index is 1.68. The first-order valence-corrected chi connectivity index (χ1v) is 7.59. The number of nitrogens with one attached hydrogen (secondary N) is 1. The van der Waals surface area contributed by atoms with Crippen molar-refractivity contribution in [1.82, 2.24) is 20.3 Å². The number of morpholine rings is 1. The van der Waals surface area contributed by atoms with Crippen molar-refractivity contribution in [1.29, 1.82) is 0 Å². The summed E-state index contributed by atoms with van der Waals surface area (Å²) in [5, 5.41) is 2.84. The van der Waals surface area contributed by atoms with Crippen molar-refractivity contribution in [3.63, 3.8) is 0 Å². The summed E-state index contributed by atoms with van der Waals surface area (Å²) in [7, 11) is 0. The number of anilines is 1. The largest absolute Gasteiger partial charge is 0.378 e. The highest BCUT2D eigenvalue weighted by molar-refractivity contribution is 5.92. The fourth-order valence-corrected chi connectivity index (χ4v) is 2.37. The smallest absolute Gasteiger partial charge is 0.270 e. The third-order valence-electron chi connectivity index (χ3n) is 3.52. The van der Waals surface area contributed by atoms with Gasteiger partial charge in [0.25, 0.3) is 5.91 Å². The molecule has 0 bridgehead atoms. The third-order valence-corrected chi connectivity index (χ3v) is 3.52. The third kappa shape index (κ3) is 4.01. The fraction of sp³-hybridized carbons (Fsp3) is 0.375. The van der Waals surface area contributed by atoms with E-state index in [9.17, 15) is 4.79 Å². The van der Waals surface area contributed by atoms with Gasteiger partial charge in [0.15, 0.2) is 0 Å². The summed E-state index contributed by atoms with van der Waals surface area (Å²) in [4.78, 5) is 27.2. The molecule has 2 aromatic heterocycles. The summed E-state index contributed by atoms with van der Waals surface area (Å²) in [6.45, 7) is 5.20. The topological polar surface area (TPSA) is 80.2 Å². The van der Waals surface area contributed by atoms with Crippen molar-refractivity contribution >= 4 is 11.9 Å². The first-order valence-electron chi connectivity index (χ1n) is 7.59. The predicted octanol–water partition coefficient (Wildman–Crippen LogP) is 0.947. The highest BCUT2D eigenvalue weighted by Gasteiger charge is 2.15. The monoisotopic (exact) mass is 313 g/mol. The van der Waals surface area contributed by atoms with E-state index in [1.54, 1.807) is 24.4 Å². The van der Waals surface area contributed by atoms with Gasteiger partial charge in [0, 0.05) is 25.0 Å². The van der Waals surface area contributed by atoms with Crippen LogP contribution in [0.5, 0.6) is 0 Å². The van der Waals surface area contributed by atoms with Crippen LogP contribution in [0.25, 0.3) is 0 Å². The molecule has 23 heavy (non-hydrogen) atoms. The van der Waals surface area contributed by atoms with Gasteiger partial charge in [-0.2, -0.15) is 0 Å². The zero-order valence-corrected chi connectivity index (χ0v) is 13.0. The van der Waals surface area contributed by atoms with Gasteiger partial charge in [0.2, 0.25) is 5.95 Å². The van der Waals surface area contributed by atoms with E-state index in [1.807, 2.05) is 13.0 Å². The maximum atomic E-state index is 12.0. The molecule has 0 atom stereocenters. The normalized spacial score (nSPS) is 14.6. The molecule has 0 unspecified atom stereocenters. The number of carbonyl (C=O) groups is 1. The number of aryl methyl sites for hydroxylation is 1. The molecule has 0 saturated carbocycles. The van der Waals surface area contributed by atoms with E-state index in [0.29, 0.717) is 31.4 Å². The molecule has 2 aromatic rings. The lowest BCUT2D eigenvalue weighted by Crippen LogP contribution is -2.37. The standard InChI is InChI=1S/C16H19N5O2/c1-12-10-13(11-18-15(22)14-4-2-3-5-17-14)20-16(19-12)21-6-8-23-9-7-21/h2-5,10H,6-9,11H2,1H3,(H,18,22). The first-order chi connectivity index (χ1) is 11.2. The van der Waals surface area contributed by atoms with E-state index < -0.39 is 0 Å². The molecule has 1 N–H and O–H groups in total. The molecule has 0 aliphatic carbocycles. The number of aromatic nitrogens is 3. The molecule has 1 amide bonds. The second-order valence-electron chi connectivity index (χ2n) is 5.30. The van der Waals surface area contributed by atoms with Crippen LogP contribution in [0.2, 0.25) is 0 Å². The summed E-state index contributed by atoms with van der Waals surface area (Å²) in [5.41, 5.74) is 2.05. The van der Waals surface area contributed by atoms with Crippen molar-refractivity contribution < 1.29 is 9.53 Å². The highest BCUT2D eigenvalue weighted by atomic mass is 16.5. The van der Waals surface area contributed by atoms with Gasteiger partial charge in [-0.15, -0.1) is 0 Å². The Morgan fingerprint density at radius 1 is 1.30 bits per heavy atom. The van der Waals surface area contributed by atoms with E-state index in [2.05, 4.69) is 25.2 Å². The number of hydrogen-bond acceptors (Lipinski definition) is 6. The Morgan fingerprint density at radius 2 is 2.13 bits per heavy atom. The minimum atomic E-state index is -0.213. The van der Waals surface area contributed by atoms with Gasteiger partial charge < -0.3 is 15.0 Å². The molecule has 0 spiro atoms. The van der Waals surface area contributed by atoms with Crippen molar-refractivity contribution in [2.24, 2.45) is 0 Å². The van der Waals surface area contributed by atoms with Crippen LogP contribution in [0.1, 0.15) is 21.9 Å². The SMILES string of the molecule is Cc1cc(CNC(=O)c2ccccn2)nc(N2CCOCC2)n1. The zero-order valence-electron chi connectivity index (χ0n) is 13.0. The van der Waals surface area contributed by atoms with Crippen LogP contribution in [-0.2, 0) is 11.3 Å². The molecule has 7 nitrogen and oxygen atoms in total. The molecule has 0 radical (unpaired) electrons. The minimum absolute atomic E-state index is 0.213. The predicted molar refractivity (Wildman–Crippen MR) is 85.2 cm³/mol. The molecule has 7 heteroatoms. The Morgan fingerprint density at radius 3 is 2.87 bits per heavy atom. The number of carbonyl (C=O) groups excluding carboxylic acids is 1. The van der Waals surface area contributed by atoms with E-state index in [4.69, 9.17) is 4.74 Å². The average Bonchev–Trinajstić information content (AvgIpc) is 2.61. The van der Waals surface area contributed by atoms with Gasteiger partial charge in [0.1, 0.15) is 5.69 Å². The molecule has 1 fully saturated rings. The summed E-state index contributed by atoms with van der Waals surface area (Å²) < 4.78 is 5.35. The minimum Gasteiger partial charge on any atom is -0.378 e. The van der Waals surface area contributed by atoms with Crippen molar-refractivity contribution in [2.45, 2.75) is 13.5 Å². The van der Waals surface area contributed by atoms with Crippen LogP contribution in [0.4, 0.5) is 5.95 Å². The van der Waals surface area contributed by atoms with Gasteiger partial charge in [-0.1, -0.05) is 6.07 Å². The molecule has 3 heterocycles. The Hall–Kier alpha value is -2.54. The van der Waals surface area contributed by atoms with Crippen molar-refractivity contribution in [3.8, 4) is 0 Å². The van der Waals surface area contributed by atoms with Crippen LogP contribution in [0, 0.1) is 6.92 Å². The fourth-order valence-electron chi connectivity index (χ4n) is 2.37. The lowest BCUT2D eigenvalue weighted by atomic mass is 10.3. The number of amides is 1. The molecule has 1 aliphatic heterocycles. The maximum Gasteiger partial charge on any atom is 0.270 e. The van der Waals surface area contributed by atoms with Crippen LogP contribution >= 0.6 is 0 Å². The second kappa shape index (κ2) is 7.15. The molecule has 3 rings (SSSR count). The van der Waals surface area contributed by atoms with E-state index in [0.717, 1.165) is 24.5 Å². The number of nitrogens with zero attached hydrogens (tertiary/aromatic N) is 4. The lowest BCUT2D eigenvalue weighted by molar-refractivity contribution is 0.0945. The molecule has 1 aliphatic rings. The van der Waals surface area contributed by atoms with Crippen LogP contribution < -0.4 is 10.2 Å². The summed E-state index contributed by atoms with van der Waals surface area (Å²) >= 11 is 0. The average molecular weight is 313 g/mol. The summed E-state index contributed by atoms with van der Waals surface area (Å²) in [5.74, 6) is 0.477. The van der Waals surface area contributed by atoms with Crippen molar-refractivity contribution in [3.05, 3.63) is 47.5 Å². The highest BCUT2D eigenvalue weighted by Crippen LogP contribution is 2.12. The maximum absolute atomic E-state index is 12.0. The van der Waals surface area contributed by atoms with Crippen LogP contribution in [-0.4, -0.2) is 47.2 Å². The van der Waals surface area contributed by atoms with Gasteiger partial charge >= 0.3 is 0 Å². The van der Waals surface area contributed by atoms with Gasteiger partial charge in [-0.25, -0.2) is 9.97 Å². The number of hydrogen-bond donors (Lipinski definition) is 1. The van der Waals surface area contributed by atoms with Crippen LogP contribution in [0.3, 0.4) is 0 Å². The molecular formula is C16H19N5O2. The lowest BCUT2D eigenvalue weighted by Gasteiger charge is -2.27. The second-order valence-corrected chi connectivity index (χ2v) is 5.30. The van der Waals surface area contributed by atoms with Gasteiger partial charge in [0.05, 0.1) is 25.5 Å². The molecule has 120 valence electrons. The van der Waals surface area contributed by atoms with E-state index in [1.165, 1.54) is 0 Å². The Kier molecular flexibility index (Phi) is 4.77. The quantitative estimate of drug-likeness (QED) is 0.905. The molecular weight excluding hydrogens is 294 g/mol. The number of ether oxygens (including phenoxy) is 1. The molecule has 1 saturated heterocycles.